The zero-order chi connectivity index (χ0) is 15.9. The van der Waals surface area contributed by atoms with Crippen molar-refractivity contribution in [3.05, 3.63) is 35.1 Å². The summed E-state index contributed by atoms with van der Waals surface area (Å²) in [7, 11) is -2.88. The molecule has 0 atom stereocenters. The standard InChI is InChI=1S/C17H27FO2S/c1-14(2)21(19,20)12-8-6-4-5-7-9-16-11-10-15(3)17(18)13-16/h10-11,13-14H,4-9,12H2,1-3H3. The molecule has 0 aliphatic carbocycles. The highest BCUT2D eigenvalue weighted by Gasteiger charge is 2.14. The predicted molar refractivity (Wildman–Crippen MR) is 86.8 cm³/mol. The second-order valence-electron chi connectivity index (χ2n) is 6.02. The SMILES string of the molecule is Cc1ccc(CCCCCCCS(=O)(=O)C(C)C)cc1F. The van der Waals surface area contributed by atoms with E-state index in [2.05, 4.69) is 0 Å². The number of sulfone groups is 1. The van der Waals surface area contributed by atoms with Crippen LogP contribution >= 0.6 is 0 Å². The lowest BCUT2D eigenvalue weighted by Crippen LogP contribution is -2.17. The molecule has 120 valence electrons. The number of hydrogen-bond donors (Lipinski definition) is 0. The Morgan fingerprint density at radius 2 is 1.67 bits per heavy atom. The summed E-state index contributed by atoms with van der Waals surface area (Å²) >= 11 is 0. The van der Waals surface area contributed by atoms with E-state index in [-0.39, 0.29) is 11.1 Å². The normalized spacial score (nSPS) is 12.0. The van der Waals surface area contributed by atoms with E-state index >= 15 is 0 Å². The average molecular weight is 314 g/mol. The molecule has 4 heteroatoms. The molecule has 0 unspecified atom stereocenters. The molecule has 2 nitrogen and oxygen atoms in total. The summed E-state index contributed by atoms with van der Waals surface area (Å²) in [6.07, 6.45) is 5.73. The van der Waals surface area contributed by atoms with Crippen molar-refractivity contribution in [2.24, 2.45) is 0 Å². The zero-order valence-electron chi connectivity index (χ0n) is 13.4. The van der Waals surface area contributed by atoms with E-state index in [0.717, 1.165) is 44.1 Å². The van der Waals surface area contributed by atoms with Crippen molar-refractivity contribution in [1.82, 2.24) is 0 Å². The number of benzene rings is 1. The molecule has 0 aromatic heterocycles. The molecule has 1 rings (SSSR count). The van der Waals surface area contributed by atoms with Crippen molar-refractivity contribution in [2.75, 3.05) is 5.75 Å². The van der Waals surface area contributed by atoms with E-state index in [9.17, 15) is 12.8 Å². The van der Waals surface area contributed by atoms with E-state index in [0.29, 0.717) is 11.3 Å². The van der Waals surface area contributed by atoms with E-state index in [1.165, 1.54) is 0 Å². The van der Waals surface area contributed by atoms with Gasteiger partial charge >= 0.3 is 0 Å². The lowest BCUT2D eigenvalue weighted by molar-refractivity contribution is 0.576. The fourth-order valence-corrected chi connectivity index (χ4v) is 3.27. The van der Waals surface area contributed by atoms with Crippen LogP contribution in [-0.4, -0.2) is 19.4 Å². The van der Waals surface area contributed by atoms with Gasteiger partial charge in [0.2, 0.25) is 0 Å². The third-order valence-corrected chi connectivity index (χ3v) is 6.14. The van der Waals surface area contributed by atoms with E-state index in [1.807, 2.05) is 12.1 Å². The third kappa shape index (κ3) is 6.60. The second-order valence-corrected chi connectivity index (χ2v) is 8.69. The Kier molecular flexibility index (Phi) is 7.36. The molecule has 0 fully saturated rings. The number of unbranched alkanes of at least 4 members (excludes halogenated alkanes) is 4. The summed E-state index contributed by atoms with van der Waals surface area (Å²) in [5.41, 5.74) is 1.73. The van der Waals surface area contributed by atoms with E-state index in [1.54, 1.807) is 26.8 Å². The number of aryl methyl sites for hydroxylation is 2. The van der Waals surface area contributed by atoms with Gasteiger partial charge in [-0.2, -0.15) is 0 Å². The third-order valence-electron chi connectivity index (χ3n) is 3.85. The second kappa shape index (κ2) is 8.52. The molecular formula is C17H27FO2S. The van der Waals surface area contributed by atoms with Crippen molar-refractivity contribution in [3.8, 4) is 0 Å². The molecule has 0 aliphatic heterocycles. The van der Waals surface area contributed by atoms with Gasteiger partial charge in [-0.3, -0.25) is 0 Å². The molecule has 0 saturated carbocycles. The lowest BCUT2D eigenvalue weighted by atomic mass is 10.0. The highest BCUT2D eigenvalue weighted by Crippen LogP contribution is 2.13. The smallest absolute Gasteiger partial charge is 0.152 e. The van der Waals surface area contributed by atoms with E-state index in [4.69, 9.17) is 0 Å². The van der Waals surface area contributed by atoms with Gasteiger partial charge in [-0.15, -0.1) is 0 Å². The Hall–Kier alpha value is -0.900. The van der Waals surface area contributed by atoms with E-state index < -0.39 is 9.84 Å². The fraction of sp³-hybridized carbons (Fsp3) is 0.647. The Labute approximate surface area is 128 Å². The van der Waals surface area contributed by atoms with Gasteiger partial charge in [0.05, 0.1) is 11.0 Å². The first-order valence-corrected chi connectivity index (χ1v) is 9.51. The van der Waals surface area contributed by atoms with Crippen molar-refractivity contribution >= 4 is 9.84 Å². The molecule has 1 aromatic carbocycles. The van der Waals surface area contributed by atoms with Crippen LogP contribution in [0.15, 0.2) is 18.2 Å². The fourth-order valence-electron chi connectivity index (χ4n) is 2.19. The van der Waals surface area contributed by atoms with Gasteiger partial charge in [0.25, 0.3) is 0 Å². The maximum atomic E-state index is 13.4. The van der Waals surface area contributed by atoms with Crippen molar-refractivity contribution in [1.29, 1.82) is 0 Å². The summed E-state index contributed by atoms with van der Waals surface area (Å²) in [6.45, 7) is 5.23. The Morgan fingerprint density at radius 1 is 1.05 bits per heavy atom. The summed E-state index contributed by atoms with van der Waals surface area (Å²) in [6, 6.07) is 5.42. The highest BCUT2D eigenvalue weighted by atomic mass is 32.2. The minimum absolute atomic E-state index is 0.133. The predicted octanol–water partition coefficient (Wildman–Crippen LogP) is 4.45. The number of hydrogen-bond acceptors (Lipinski definition) is 2. The minimum Gasteiger partial charge on any atom is -0.229 e. The largest absolute Gasteiger partial charge is 0.229 e. The maximum absolute atomic E-state index is 13.4. The van der Waals surface area contributed by atoms with Crippen LogP contribution in [0.1, 0.15) is 57.1 Å². The summed E-state index contributed by atoms with van der Waals surface area (Å²) in [5.74, 6) is 0.166. The minimum atomic E-state index is -2.88. The highest BCUT2D eigenvalue weighted by molar-refractivity contribution is 7.91. The molecule has 0 heterocycles. The van der Waals surface area contributed by atoms with Gasteiger partial charge < -0.3 is 0 Å². The van der Waals surface area contributed by atoms with Gasteiger partial charge in [-0.25, -0.2) is 12.8 Å². The monoisotopic (exact) mass is 314 g/mol. The van der Waals surface area contributed by atoms with Crippen LogP contribution in [0.3, 0.4) is 0 Å². The van der Waals surface area contributed by atoms with Gasteiger partial charge in [0, 0.05) is 0 Å². The average Bonchev–Trinajstić information content (AvgIpc) is 2.41. The van der Waals surface area contributed by atoms with Crippen molar-refractivity contribution in [3.63, 3.8) is 0 Å². The van der Waals surface area contributed by atoms with Crippen LogP contribution in [0.5, 0.6) is 0 Å². The van der Waals surface area contributed by atoms with Crippen molar-refractivity contribution in [2.45, 2.75) is 64.5 Å². The van der Waals surface area contributed by atoms with Gasteiger partial charge in [-0.1, -0.05) is 31.4 Å². The quantitative estimate of drug-likeness (QED) is 0.631. The molecule has 0 spiro atoms. The Bertz CT molecular complexity index is 536. The summed E-state index contributed by atoms with van der Waals surface area (Å²) in [5, 5.41) is -0.270. The molecule has 0 aliphatic rings. The van der Waals surface area contributed by atoms with Crippen LogP contribution < -0.4 is 0 Å². The first kappa shape index (κ1) is 18.1. The molecule has 0 N–H and O–H groups in total. The van der Waals surface area contributed by atoms with Crippen LogP contribution in [-0.2, 0) is 16.3 Å². The Morgan fingerprint density at radius 3 is 2.29 bits per heavy atom. The maximum Gasteiger partial charge on any atom is 0.152 e. The van der Waals surface area contributed by atoms with Crippen LogP contribution in [0.4, 0.5) is 4.39 Å². The van der Waals surface area contributed by atoms with Crippen LogP contribution in [0.2, 0.25) is 0 Å². The molecule has 0 amide bonds. The first-order valence-electron chi connectivity index (χ1n) is 7.79. The lowest BCUT2D eigenvalue weighted by Gasteiger charge is -2.07. The summed E-state index contributed by atoms with van der Waals surface area (Å²) < 4.78 is 36.6. The van der Waals surface area contributed by atoms with Gasteiger partial charge in [0.15, 0.2) is 9.84 Å². The topological polar surface area (TPSA) is 34.1 Å². The van der Waals surface area contributed by atoms with Crippen LogP contribution in [0, 0.1) is 12.7 Å². The van der Waals surface area contributed by atoms with Crippen LogP contribution in [0.25, 0.3) is 0 Å². The number of rotatable bonds is 9. The Balaban J connectivity index is 2.14. The molecular weight excluding hydrogens is 287 g/mol. The molecule has 0 saturated heterocycles. The number of halogens is 1. The summed E-state index contributed by atoms with van der Waals surface area (Å²) in [4.78, 5) is 0. The molecule has 0 radical (unpaired) electrons. The van der Waals surface area contributed by atoms with Gasteiger partial charge in [0.1, 0.15) is 5.82 Å². The molecule has 1 aromatic rings. The van der Waals surface area contributed by atoms with Gasteiger partial charge in [-0.05, 0) is 57.2 Å². The molecule has 21 heavy (non-hydrogen) atoms. The van der Waals surface area contributed by atoms with Crippen molar-refractivity contribution < 1.29 is 12.8 Å². The first-order chi connectivity index (χ1) is 9.83. The molecule has 0 bridgehead atoms. The zero-order valence-corrected chi connectivity index (χ0v) is 14.2.